The lowest BCUT2D eigenvalue weighted by Gasteiger charge is -2.58. The zero-order valence-corrected chi connectivity index (χ0v) is 27.1. The van der Waals surface area contributed by atoms with E-state index in [1.54, 1.807) is 6.26 Å². The summed E-state index contributed by atoms with van der Waals surface area (Å²) >= 11 is 0. The summed E-state index contributed by atoms with van der Waals surface area (Å²) in [6.45, 7) is 9.40. The van der Waals surface area contributed by atoms with Crippen LogP contribution in [0.4, 0.5) is 0 Å². The van der Waals surface area contributed by atoms with Gasteiger partial charge in [-0.2, -0.15) is 0 Å². The molecule has 0 bridgehead atoms. The van der Waals surface area contributed by atoms with Crippen molar-refractivity contribution < 1.29 is 14.3 Å². The van der Waals surface area contributed by atoms with Crippen LogP contribution in [0.1, 0.15) is 104 Å². The molecule has 1 aromatic carbocycles. The van der Waals surface area contributed by atoms with Gasteiger partial charge in [0.05, 0.1) is 12.8 Å². The van der Waals surface area contributed by atoms with E-state index in [0.29, 0.717) is 24.8 Å². The maximum atomic E-state index is 14.3. The molecular formula is C36H55N3O3. The summed E-state index contributed by atoms with van der Waals surface area (Å²) in [6, 6.07) is 10.9. The van der Waals surface area contributed by atoms with Crippen LogP contribution in [-0.4, -0.2) is 54.3 Å². The minimum atomic E-state index is -0.0947. The molecule has 1 saturated heterocycles. The molecule has 2 atom stereocenters. The lowest BCUT2D eigenvalue weighted by atomic mass is 9.63. The number of allylic oxidation sites excluding steroid dienone is 2. The average Bonchev–Trinajstić information content (AvgIpc) is 2.96. The summed E-state index contributed by atoms with van der Waals surface area (Å²) in [5.41, 5.74) is 2.47. The van der Waals surface area contributed by atoms with Crippen LogP contribution in [0.2, 0.25) is 0 Å². The van der Waals surface area contributed by atoms with Gasteiger partial charge in [-0.3, -0.25) is 14.5 Å². The molecule has 0 aromatic heterocycles. The third-order valence-electron chi connectivity index (χ3n) is 10.9. The predicted octanol–water partition coefficient (Wildman–Crippen LogP) is 7.17. The Morgan fingerprint density at radius 3 is 2.38 bits per heavy atom. The fraction of sp³-hybridized carbons (Fsp3) is 0.667. The van der Waals surface area contributed by atoms with Gasteiger partial charge in [0, 0.05) is 30.0 Å². The molecule has 2 amide bonds. The number of rotatable bonds is 12. The molecule has 3 aliphatic rings. The van der Waals surface area contributed by atoms with Gasteiger partial charge >= 0.3 is 0 Å². The Morgan fingerprint density at radius 1 is 1.12 bits per heavy atom. The van der Waals surface area contributed by atoms with E-state index in [0.717, 1.165) is 62.8 Å². The number of carbonyl (C=O) groups excluding carboxylic acids is 2. The van der Waals surface area contributed by atoms with Gasteiger partial charge in [-0.05, 0) is 109 Å². The summed E-state index contributed by atoms with van der Waals surface area (Å²) in [4.78, 5) is 32.1. The van der Waals surface area contributed by atoms with Crippen LogP contribution in [0.5, 0.6) is 0 Å². The van der Waals surface area contributed by atoms with Crippen molar-refractivity contribution in [2.24, 2.45) is 17.8 Å². The van der Waals surface area contributed by atoms with Crippen molar-refractivity contribution in [2.75, 3.05) is 27.2 Å². The van der Waals surface area contributed by atoms with E-state index in [-0.39, 0.29) is 28.8 Å². The Hall–Kier alpha value is -2.60. The zero-order chi connectivity index (χ0) is 30.3. The topological polar surface area (TPSA) is 61.9 Å². The van der Waals surface area contributed by atoms with E-state index in [9.17, 15) is 9.59 Å². The molecular weight excluding hydrogens is 522 g/mol. The van der Waals surface area contributed by atoms with Gasteiger partial charge in [-0.1, -0.05) is 56.7 Å². The summed E-state index contributed by atoms with van der Waals surface area (Å²) in [7, 11) is 4.42. The smallest absolute Gasteiger partial charge is 0.226 e. The highest BCUT2D eigenvalue weighted by atomic mass is 16.5. The van der Waals surface area contributed by atoms with Crippen LogP contribution in [-0.2, 0) is 19.9 Å². The van der Waals surface area contributed by atoms with Gasteiger partial charge in [-0.25, -0.2) is 0 Å². The molecule has 2 aliphatic carbocycles. The molecule has 2 unspecified atom stereocenters. The van der Waals surface area contributed by atoms with Gasteiger partial charge in [0.1, 0.15) is 5.76 Å². The highest BCUT2D eigenvalue weighted by Gasteiger charge is 2.53. The summed E-state index contributed by atoms with van der Waals surface area (Å²) in [6.07, 6.45) is 14.6. The highest BCUT2D eigenvalue weighted by molar-refractivity contribution is 5.83. The van der Waals surface area contributed by atoms with Crippen LogP contribution in [0.25, 0.3) is 0 Å². The molecule has 1 aromatic rings. The number of hydrogen-bond acceptors (Lipinski definition) is 4. The van der Waals surface area contributed by atoms with Crippen molar-refractivity contribution in [1.29, 1.82) is 0 Å². The molecule has 1 N–H and O–H groups in total. The molecule has 6 heteroatoms. The molecule has 1 heterocycles. The first-order chi connectivity index (χ1) is 20.2. The standard InChI is InChI=1S/C36H55N3O3/c1-7-23-42-32(27(3)8-2)25-37-33(40)24-28(4)31-17-18-35(39(34(31)41)26-29-13-12-14-29)19-21-36(22-20-35,38(5)6)30-15-10-9-11-16-30/h7,9-11,15-16,23,28-29,31H,8,12-14,17-22,24-26H2,1-6H3,(H,37,40)/b23-7-,32-27-/t28?,31?,35-,36+. The van der Waals surface area contributed by atoms with E-state index in [2.05, 4.69) is 73.4 Å². The Bertz CT molecular complexity index is 1110. The highest BCUT2D eigenvalue weighted by Crippen LogP contribution is 2.51. The second-order valence-electron chi connectivity index (χ2n) is 13.5. The largest absolute Gasteiger partial charge is 0.468 e. The van der Waals surface area contributed by atoms with Gasteiger partial charge < -0.3 is 15.0 Å². The van der Waals surface area contributed by atoms with Crippen LogP contribution >= 0.6 is 0 Å². The summed E-state index contributed by atoms with van der Waals surface area (Å²) in [5, 5.41) is 3.06. The molecule has 2 saturated carbocycles. The zero-order valence-electron chi connectivity index (χ0n) is 27.1. The minimum Gasteiger partial charge on any atom is -0.468 e. The molecule has 0 radical (unpaired) electrons. The van der Waals surface area contributed by atoms with E-state index < -0.39 is 0 Å². The fourth-order valence-corrected chi connectivity index (χ4v) is 7.58. The van der Waals surface area contributed by atoms with Crippen molar-refractivity contribution in [3.8, 4) is 0 Å². The molecule has 6 nitrogen and oxygen atoms in total. The van der Waals surface area contributed by atoms with Crippen LogP contribution < -0.4 is 5.32 Å². The maximum Gasteiger partial charge on any atom is 0.226 e. The third kappa shape index (κ3) is 6.96. The Morgan fingerprint density at radius 2 is 1.81 bits per heavy atom. The summed E-state index contributed by atoms with van der Waals surface area (Å²) in [5.74, 6) is 1.61. The SMILES string of the molecule is C/C=C\O/C(CNC(=O)CC(C)C1CC[C@]2(CC[C@](c3ccccc3)(N(C)C)CC2)N(CC2CCC2)C1=O)=C(/C)CC. The number of benzene rings is 1. The second kappa shape index (κ2) is 14.2. The first-order valence-corrected chi connectivity index (χ1v) is 16.4. The number of likely N-dealkylation sites (tertiary alicyclic amines) is 1. The lowest BCUT2D eigenvalue weighted by Crippen LogP contribution is -2.63. The van der Waals surface area contributed by atoms with Crippen LogP contribution in [0.3, 0.4) is 0 Å². The molecule has 232 valence electrons. The Labute approximate surface area is 254 Å². The monoisotopic (exact) mass is 577 g/mol. The fourth-order valence-electron chi connectivity index (χ4n) is 7.58. The minimum absolute atomic E-state index is 0.00340. The number of amides is 2. The molecule has 1 aliphatic heterocycles. The van der Waals surface area contributed by atoms with Crippen LogP contribution in [0, 0.1) is 17.8 Å². The van der Waals surface area contributed by atoms with Crippen molar-refractivity contribution in [1.82, 2.24) is 15.1 Å². The van der Waals surface area contributed by atoms with Gasteiger partial charge in [0.15, 0.2) is 0 Å². The van der Waals surface area contributed by atoms with E-state index in [4.69, 9.17) is 4.74 Å². The quantitative estimate of drug-likeness (QED) is 0.268. The number of nitrogens with zero attached hydrogens (tertiary/aromatic N) is 2. The Balaban J connectivity index is 1.44. The first kappa shape index (κ1) is 32.3. The maximum absolute atomic E-state index is 14.3. The normalized spacial score (nSPS) is 28.1. The van der Waals surface area contributed by atoms with Crippen molar-refractivity contribution in [2.45, 2.75) is 109 Å². The van der Waals surface area contributed by atoms with Crippen molar-refractivity contribution >= 4 is 11.8 Å². The summed E-state index contributed by atoms with van der Waals surface area (Å²) < 4.78 is 5.74. The van der Waals surface area contributed by atoms with E-state index >= 15 is 0 Å². The van der Waals surface area contributed by atoms with Gasteiger partial charge in [-0.15, -0.1) is 0 Å². The molecule has 1 spiro atoms. The number of hydrogen-bond donors (Lipinski definition) is 1. The predicted molar refractivity (Wildman–Crippen MR) is 170 cm³/mol. The van der Waals surface area contributed by atoms with Gasteiger partial charge in [0.25, 0.3) is 0 Å². The van der Waals surface area contributed by atoms with Crippen LogP contribution in [0.15, 0.2) is 54.0 Å². The molecule has 4 rings (SSSR count). The Kier molecular flexibility index (Phi) is 11.0. The number of ether oxygens (including phenoxy) is 1. The lowest BCUT2D eigenvalue weighted by molar-refractivity contribution is -0.157. The number of carbonyl (C=O) groups is 2. The van der Waals surface area contributed by atoms with Crippen molar-refractivity contribution in [3.63, 3.8) is 0 Å². The molecule has 42 heavy (non-hydrogen) atoms. The van der Waals surface area contributed by atoms with E-state index in [1.807, 2.05) is 19.9 Å². The first-order valence-electron chi connectivity index (χ1n) is 16.4. The van der Waals surface area contributed by atoms with Crippen molar-refractivity contribution in [3.05, 3.63) is 59.6 Å². The number of nitrogens with one attached hydrogen (secondary N) is 1. The third-order valence-corrected chi connectivity index (χ3v) is 10.9. The van der Waals surface area contributed by atoms with Gasteiger partial charge in [0.2, 0.25) is 11.8 Å². The number of piperidine rings is 1. The molecule has 3 fully saturated rings. The van der Waals surface area contributed by atoms with E-state index in [1.165, 1.54) is 24.8 Å². The second-order valence-corrected chi connectivity index (χ2v) is 13.5. The average molecular weight is 578 g/mol.